The maximum Gasteiger partial charge on any atom is 0.295 e. The van der Waals surface area contributed by atoms with Crippen LogP contribution in [-0.4, -0.2) is 67.5 Å². The van der Waals surface area contributed by atoms with Gasteiger partial charge < -0.3 is 24.4 Å². The Labute approximate surface area is 209 Å². The number of nitrogens with zero attached hydrogens (tertiary/aromatic N) is 2. The number of methoxy groups -OCH3 is 1. The lowest BCUT2D eigenvalue weighted by molar-refractivity contribution is -0.139. The molecule has 1 N–H and O–H groups in total. The third kappa shape index (κ3) is 5.32. The highest BCUT2D eigenvalue weighted by atomic mass is 35.5. The van der Waals surface area contributed by atoms with Crippen molar-refractivity contribution in [3.05, 3.63) is 63.1 Å². The number of carbonyl (C=O) groups is 2. The van der Waals surface area contributed by atoms with Crippen LogP contribution in [0.25, 0.3) is 5.76 Å². The quantitative estimate of drug-likeness (QED) is 0.299. The molecule has 0 spiro atoms. The molecule has 3 rings (SSSR count). The van der Waals surface area contributed by atoms with E-state index in [1.807, 2.05) is 25.9 Å². The number of ether oxygens (including phenoxy) is 2. The molecule has 1 saturated heterocycles. The van der Waals surface area contributed by atoms with Gasteiger partial charge in [0.05, 0.1) is 35.4 Å². The van der Waals surface area contributed by atoms with Crippen LogP contribution in [0.3, 0.4) is 0 Å². The molecule has 0 aliphatic carbocycles. The Bertz CT molecular complexity index is 1090. The van der Waals surface area contributed by atoms with Crippen LogP contribution in [0.2, 0.25) is 10.0 Å². The van der Waals surface area contributed by atoms with Gasteiger partial charge in [-0.2, -0.15) is 0 Å². The zero-order valence-corrected chi connectivity index (χ0v) is 21.1. The topological polar surface area (TPSA) is 79.3 Å². The van der Waals surface area contributed by atoms with Gasteiger partial charge in [-0.3, -0.25) is 9.59 Å². The summed E-state index contributed by atoms with van der Waals surface area (Å²) in [6.45, 7) is 3.41. The Kier molecular flexibility index (Phi) is 8.47. The molecule has 182 valence electrons. The van der Waals surface area contributed by atoms with Gasteiger partial charge in [-0.25, -0.2) is 0 Å². The molecular formula is C25H28Cl2N2O5. The normalized spacial score (nSPS) is 17.5. The molecule has 1 amide bonds. The molecular weight excluding hydrogens is 479 g/mol. The van der Waals surface area contributed by atoms with Crippen LogP contribution in [0, 0.1) is 0 Å². The second kappa shape index (κ2) is 11.1. The number of benzene rings is 2. The fourth-order valence-corrected chi connectivity index (χ4v) is 4.64. The van der Waals surface area contributed by atoms with E-state index in [9.17, 15) is 14.7 Å². The van der Waals surface area contributed by atoms with Crippen LogP contribution in [-0.2, 0) is 9.59 Å². The highest BCUT2D eigenvalue weighted by Gasteiger charge is 2.46. The van der Waals surface area contributed by atoms with Gasteiger partial charge in [-0.05, 0) is 63.8 Å². The first-order valence-electron chi connectivity index (χ1n) is 10.9. The fourth-order valence-electron chi connectivity index (χ4n) is 4.00. The van der Waals surface area contributed by atoms with Crippen LogP contribution in [0.1, 0.15) is 30.5 Å². The van der Waals surface area contributed by atoms with Gasteiger partial charge in [-0.1, -0.05) is 35.3 Å². The van der Waals surface area contributed by atoms with Crippen LogP contribution >= 0.6 is 23.2 Å². The maximum atomic E-state index is 13.2. The lowest BCUT2D eigenvalue weighted by Crippen LogP contribution is -2.32. The molecule has 1 heterocycles. The molecule has 2 aromatic carbocycles. The Morgan fingerprint density at radius 3 is 2.41 bits per heavy atom. The van der Waals surface area contributed by atoms with Crippen LogP contribution in [0.15, 0.2) is 42.0 Å². The SMILES string of the molecule is CCOc1cccc(C2/C(=C(\O)c3cc(Cl)c(OC)c(Cl)c3)C(=O)C(=O)N2CCCN(C)C)c1. The highest BCUT2D eigenvalue weighted by molar-refractivity contribution is 6.46. The molecule has 0 saturated carbocycles. The molecule has 1 atom stereocenters. The minimum atomic E-state index is -0.790. The minimum absolute atomic E-state index is 0.0270. The van der Waals surface area contributed by atoms with Crippen molar-refractivity contribution in [2.24, 2.45) is 0 Å². The molecule has 1 unspecified atom stereocenters. The predicted molar refractivity (Wildman–Crippen MR) is 133 cm³/mol. The van der Waals surface area contributed by atoms with Crippen molar-refractivity contribution >= 4 is 40.7 Å². The van der Waals surface area contributed by atoms with Gasteiger partial charge >= 0.3 is 0 Å². The highest BCUT2D eigenvalue weighted by Crippen LogP contribution is 2.42. The number of Topliss-reactive ketones (excluding diaryl/α,β-unsaturated/α-hetero) is 1. The second-order valence-electron chi connectivity index (χ2n) is 8.13. The van der Waals surface area contributed by atoms with E-state index in [4.69, 9.17) is 32.7 Å². The lowest BCUT2D eigenvalue weighted by Gasteiger charge is -2.26. The van der Waals surface area contributed by atoms with Crippen molar-refractivity contribution in [2.45, 2.75) is 19.4 Å². The number of halogens is 2. The number of hydrogen-bond acceptors (Lipinski definition) is 6. The van der Waals surface area contributed by atoms with Gasteiger partial charge in [0.15, 0.2) is 5.75 Å². The monoisotopic (exact) mass is 506 g/mol. The molecule has 1 fully saturated rings. The largest absolute Gasteiger partial charge is 0.507 e. The van der Waals surface area contributed by atoms with Gasteiger partial charge in [0.2, 0.25) is 0 Å². The molecule has 34 heavy (non-hydrogen) atoms. The number of aliphatic hydroxyl groups excluding tert-OH is 1. The summed E-state index contributed by atoms with van der Waals surface area (Å²) in [4.78, 5) is 29.7. The average Bonchev–Trinajstić information content (AvgIpc) is 3.03. The second-order valence-corrected chi connectivity index (χ2v) is 8.94. The summed E-state index contributed by atoms with van der Waals surface area (Å²) in [6, 6.07) is 9.29. The van der Waals surface area contributed by atoms with Crippen LogP contribution < -0.4 is 9.47 Å². The summed E-state index contributed by atoms with van der Waals surface area (Å²) in [5, 5.41) is 11.6. The fraction of sp³-hybridized carbons (Fsp3) is 0.360. The zero-order chi connectivity index (χ0) is 25.0. The van der Waals surface area contributed by atoms with Gasteiger partial charge in [0, 0.05) is 12.1 Å². The first-order valence-corrected chi connectivity index (χ1v) is 11.6. The Morgan fingerprint density at radius 1 is 1.15 bits per heavy atom. The number of ketones is 1. The lowest BCUT2D eigenvalue weighted by atomic mass is 9.95. The summed E-state index contributed by atoms with van der Waals surface area (Å²) >= 11 is 12.5. The smallest absolute Gasteiger partial charge is 0.295 e. The number of hydrogen-bond donors (Lipinski definition) is 1. The molecule has 0 bridgehead atoms. The van der Waals surface area contributed by atoms with Crippen molar-refractivity contribution in [2.75, 3.05) is 40.9 Å². The summed E-state index contributed by atoms with van der Waals surface area (Å²) in [5.74, 6) is -0.929. The minimum Gasteiger partial charge on any atom is -0.507 e. The first kappa shape index (κ1) is 25.9. The number of rotatable bonds is 9. The van der Waals surface area contributed by atoms with Crippen LogP contribution in [0.4, 0.5) is 0 Å². The molecule has 7 nitrogen and oxygen atoms in total. The standard InChI is InChI=1S/C25H28Cl2N2O5/c1-5-34-17-9-6-8-15(12-17)21-20(23(31)25(32)29(21)11-7-10-28(2)3)22(30)16-13-18(26)24(33-4)19(27)14-16/h6,8-9,12-14,21,30H,5,7,10-11H2,1-4H3/b22-20+. The predicted octanol–water partition coefficient (Wildman–Crippen LogP) is 4.77. The van der Waals surface area contributed by atoms with Gasteiger partial charge in [0.1, 0.15) is 11.5 Å². The summed E-state index contributed by atoms with van der Waals surface area (Å²) in [7, 11) is 5.31. The van der Waals surface area contributed by atoms with E-state index in [0.717, 1.165) is 6.54 Å². The Morgan fingerprint density at radius 2 is 1.82 bits per heavy atom. The Balaban J connectivity index is 2.15. The summed E-state index contributed by atoms with van der Waals surface area (Å²) in [5.41, 5.74) is 0.844. The van der Waals surface area contributed by atoms with E-state index in [1.54, 1.807) is 24.3 Å². The number of likely N-dealkylation sites (tertiary alicyclic amines) is 1. The molecule has 0 radical (unpaired) electrons. The third-order valence-corrected chi connectivity index (χ3v) is 6.07. The van der Waals surface area contributed by atoms with Crippen molar-refractivity contribution in [1.29, 1.82) is 0 Å². The number of aliphatic hydroxyl groups is 1. The van der Waals surface area contributed by atoms with E-state index in [-0.39, 0.29) is 32.7 Å². The van der Waals surface area contributed by atoms with Crippen molar-refractivity contribution in [3.8, 4) is 11.5 Å². The molecule has 0 aromatic heterocycles. The van der Waals surface area contributed by atoms with Gasteiger partial charge in [-0.15, -0.1) is 0 Å². The van der Waals surface area contributed by atoms with Crippen molar-refractivity contribution in [3.63, 3.8) is 0 Å². The van der Waals surface area contributed by atoms with E-state index < -0.39 is 17.7 Å². The van der Waals surface area contributed by atoms with E-state index >= 15 is 0 Å². The average molecular weight is 507 g/mol. The zero-order valence-electron chi connectivity index (χ0n) is 19.6. The Hall–Kier alpha value is -2.74. The van der Waals surface area contributed by atoms with Gasteiger partial charge in [0.25, 0.3) is 11.7 Å². The summed E-state index contributed by atoms with van der Waals surface area (Å²) in [6.07, 6.45) is 0.655. The third-order valence-electron chi connectivity index (χ3n) is 5.50. The molecule has 9 heteroatoms. The molecule has 1 aliphatic rings. The maximum absolute atomic E-state index is 13.2. The van der Waals surface area contributed by atoms with E-state index in [2.05, 4.69) is 0 Å². The van der Waals surface area contributed by atoms with Crippen LogP contribution in [0.5, 0.6) is 11.5 Å². The van der Waals surface area contributed by atoms with E-state index in [1.165, 1.54) is 24.1 Å². The number of carbonyl (C=O) groups excluding carboxylic acids is 2. The van der Waals surface area contributed by atoms with Crippen molar-refractivity contribution in [1.82, 2.24) is 9.80 Å². The molecule has 1 aliphatic heterocycles. The summed E-state index contributed by atoms with van der Waals surface area (Å²) < 4.78 is 10.8. The van der Waals surface area contributed by atoms with E-state index in [0.29, 0.717) is 30.9 Å². The first-order chi connectivity index (χ1) is 16.2. The number of amides is 1. The van der Waals surface area contributed by atoms with Crippen molar-refractivity contribution < 1.29 is 24.2 Å². The molecule has 2 aromatic rings.